The van der Waals surface area contributed by atoms with Gasteiger partial charge in [-0.25, -0.2) is 4.98 Å². The lowest BCUT2D eigenvalue weighted by molar-refractivity contribution is 0.0949. The maximum atomic E-state index is 12.7. The number of ether oxygens (including phenoxy) is 1. The third-order valence-corrected chi connectivity index (χ3v) is 4.43. The normalized spacial score (nSPS) is 10.4. The van der Waals surface area contributed by atoms with Crippen LogP contribution >= 0.6 is 0 Å². The third-order valence-electron chi connectivity index (χ3n) is 4.43. The second kappa shape index (κ2) is 8.99. The molecule has 0 aliphatic heterocycles. The fourth-order valence-electron chi connectivity index (χ4n) is 2.89. The lowest BCUT2D eigenvalue weighted by atomic mass is 9.98. The van der Waals surface area contributed by atoms with Gasteiger partial charge in [-0.1, -0.05) is 55.8 Å². The predicted molar refractivity (Wildman–Crippen MR) is 109 cm³/mol. The Balaban J connectivity index is 2.02. The van der Waals surface area contributed by atoms with Crippen molar-refractivity contribution in [2.24, 2.45) is 0 Å². The van der Waals surface area contributed by atoms with Crippen LogP contribution in [0.5, 0.6) is 5.75 Å². The Bertz CT molecular complexity index is 890. The van der Waals surface area contributed by atoms with Gasteiger partial charge in [0.15, 0.2) is 0 Å². The molecule has 0 bridgehead atoms. The topological polar surface area (TPSA) is 51.2 Å². The van der Waals surface area contributed by atoms with Gasteiger partial charge in [-0.3, -0.25) is 4.79 Å². The van der Waals surface area contributed by atoms with Crippen molar-refractivity contribution in [1.29, 1.82) is 0 Å². The Morgan fingerprint density at radius 3 is 2.41 bits per heavy atom. The summed E-state index contributed by atoms with van der Waals surface area (Å²) in [5.74, 6) is 0.633. The molecule has 138 valence electrons. The minimum atomic E-state index is -0.145. The zero-order chi connectivity index (χ0) is 19.1. The van der Waals surface area contributed by atoms with Crippen molar-refractivity contribution >= 4 is 5.91 Å². The summed E-state index contributed by atoms with van der Waals surface area (Å²) in [6.45, 7) is 2.75. The SMILES string of the molecule is CCCCNC(=O)c1ncc(-c2ccccc2)cc1-c1ccc(OC)cc1. The van der Waals surface area contributed by atoms with Crippen molar-refractivity contribution in [3.8, 4) is 28.0 Å². The van der Waals surface area contributed by atoms with Crippen LogP contribution < -0.4 is 10.1 Å². The summed E-state index contributed by atoms with van der Waals surface area (Å²) in [4.78, 5) is 17.2. The lowest BCUT2D eigenvalue weighted by Crippen LogP contribution is -2.26. The summed E-state index contributed by atoms with van der Waals surface area (Å²) >= 11 is 0. The van der Waals surface area contributed by atoms with E-state index in [1.165, 1.54) is 0 Å². The van der Waals surface area contributed by atoms with Crippen LogP contribution in [0.3, 0.4) is 0 Å². The Hall–Kier alpha value is -3.14. The molecule has 0 radical (unpaired) electrons. The van der Waals surface area contributed by atoms with Gasteiger partial charge in [0.25, 0.3) is 5.91 Å². The summed E-state index contributed by atoms with van der Waals surface area (Å²) in [5, 5.41) is 2.97. The van der Waals surface area contributed by atoms with E-state index in [1.807, 2.05) is 60.7 Å². The second-order valence-electron chi connectivity index (χ2n) is 6.32. The van der Waals surface area contributed by atoms with Gasteiger partial charge in [0.05, 0.1) is 7.11 Å². The number of aromatic nitrogens is 1. The molecule has 0 unspecified atom stereocenters. The van der Waals surface area contributed by atoms with Crippen molar-refractivity contribution in [3.63, 3.8) is 0 Å². The van der Waals surface area contributed by atoms with Gasteiger partial charge in [0.1, 0.15) is 11.4 Å². The first kappa shape index (κ1) is 18.6. The number of carbonyl (C=O) groups is 1. The van der Waals surface area contributed by atoms with Crippen LogP contribution in [0.15, 0.2) is 66.9 Å². The highest BCUT2D eigenvalue weighted by molar-refractivity contribution is 5.99. The van der Waals surface area contributed by atoms with Gasteiger partial charge >= 0.3 is 0 Å². The number of carbonyl (C=O) groups excluding carboxylic acids is 1. The number of nitrogens with zero attached hydrogens (tertiary/aromatic N) is 1. The Kier molecular flexibility index (Phi) is 6.21. The number of pyridine rings is 1. The molecule has 0 fully saturated rings. The molecular formula is C23H24N2O2. The molecule has 0 saturated heterocycles. The molecule has 3 aromatic rings. The smallest absolute Gasteiger partial charge is 0.270 e. The molecule has 0 atom stereocenters. The minimum absolute atomic E-state index is 0.145. The molecule has 0 aliphatic carbocycles. The van der Waals surface area contributed by atoms with E-state index >= 15 is 0 Å². The zero-order valence-electron chi connectivity index (χ0n) is 15.7. The van der Waals surface area contributed by atoms with Gasteiger partial charge in [-0.15, -0.1) is 0 Å². The fraction of sp³-hybridized carbons (Fsp3) is 0.217. The molecule has 27 heavy (non-hydrogen) atoms. The van der Waals surface area contributed by atoms with E-state index in [1.54, 1.807) is 13.3 Å². The van der Waals surface area contributed by atoms with E-state index in [0.717, 1.165) is 40.8 Å². The van der Waals surface area contributed by atoms with Crippen molar-refractivity contribution in [3.05, 3.63) is 72.6 Å². The van der Waals surface area contributed by atoms with Gasteiger partial charge < -0.3 is 10.1 Å². The van der Waals surface area contributed by atoms with Gasteiger partial charge in [0.2, 0.25) is 0 Å². The van der Waals surface area contributed by atoms with Crippen LogP contribution in [0.2, 0.25) is 0 Å². The number of benzene rings is 2. The molecule has 0 saturated carbocycles. The monoisotopic (exact) mass is 360 g/mol. The van der Waals surface area contributed by atoms with E-state index in [0.29, 0.717) is 12.2 Å². The fourth-order valence-corrected chi connectivity index (χ4v) is 2.89. The van der Waals surface area contributed by atoms with Crippen molar-refractivity contribution in [2.45, 2.75) is 19.8 Å². The molecule has 4 heteroatoms. The molecule has 2 aromatic carbocycles. The van der Waals surface area contributed by atoms with Gasteiger partial charge in [-0.2, -0.15) is 0 Å². The first-order valence-corrected chi connectivity index (χ1v) is 9.21. The highest BCUT2D eigenvalue weighted by Gasteiger charge is 2.16. The van der Waals surface area contributed by atoms with Crippen molar-refractivity contribution < 1.29 is 9.53 Å². The van der Waals surface area contributed by atoms with E-state index in [4.69, 9.17) is 4.74 Å². The molecule has 0 spiro atoms. The number of amides is 1. The summed E-state index contributed by atoms with van der Waals surface area (Å²) < 4.78 is 5.25. The Labute approximate surface area is 160 Å². The summed E-state index contributed by atoms with van der Waals surface area (Å²) in [7, 11) is 1.64. The maximum absolute atomic E-state index is 12.7. The van der Waals surface area contributed by atoms with Crippen LogP contribution in [0, 0.1) is 0 Å². The highest BCUT2D eigenvalue weighted by Crippen LogP contribution is 2.29. The molecule has 1 aromatic heterocycles. The Morgan fingerprint density at radius 2 is 1.74 bits per heavy atom. The summed E-state index contributed by atoms with van der Waals surface area (Å²) in [6, 6.07) is 19.8. The maximum Gasteiger partial charge on any atom is 0.270 e. The zero-order valence-corrected chi connectivity index (χ0v) is 15.7. The number of hydrogen-bond acceptors (Lipinski definition) is 3. The molecule has 1 N–H and O–H groups in total. The predicted octanol–water partition coefficient (Wildman–Crippen LogP) is 4.95. The van der Waals surface area contributed by atoms with Crippen molar-refractivity contribution in [2.75, 3.05) is 13.7 Å². The van der Waals surface area contributed by atoms with Crippen LogP contribution in [-0.2, 0) is 0 Å². The average Bonchev–Trinajstić information content (AvgIpc) is 2.74. The minimum Gasteiger partial charge on any atom is -0.497 e. The molecule has 0 aliphatic rings. The molecule has 3 rings (SSSR count). The van der Waals surface area contributed by atoms with E-state index in [2.05, 4.69) is 17.2 Å². The van der Waals surface area contributed by atoms with Gasteiger partial charge in [0, 0.05) is 23.9 Å². The van der Waals surface area contributed by atoms with Crippen LogP contribution in [-0.4, -0.2) is 24.5 Å². The molecular weight excluding hydrogens is 336 g/mol. The highest BCUT2D eigenvalue weighted by atomic mass is 16.5. The third kappa shape index (κ3) is 4.53. The summed E-state index contributed by atoms with van der Waals surface area (Å²) in [6.07, 6.45) is 3.74. The van der Waals surface area contributed by atoms with Crippen LogP contribution in [0.1, 0.15) is 30.3 Å². The standard InChI is InChI=1S/C23H24N2O2/c1-3-4-14-24-23(26)22-21(18-10-12-20(27-2)13-11-18)15-19(16-25-22)17-8-6-5-7-9-17/h5-13,15-16H,3-4,14H2,1-2H3,(H,24,26). The summed E-state index contributed by atoms with van der Waals surface area (Å²) in [5.41, 5.74) is 4.23. The molecule has 1 amide bonds. The first-order chi connectivity index (χ1) is 13.2. The number of rotatable bonds is 7. The first-order valence-electron chi connectivity index (χ1n) is 9.21. The Morgan fingerprint density at radius 1 is 1.00 bits per heavy atom. The average molecular weight is 360 g/mol. The second-order valence-corrected chi connectivity index (χ2v) is 6.32. The number of hydrogen-bond donors (Lipinski definition) is 1. The van der Waals surface area contributed by atoms with E-state index in [-0.39, 0.29) is 5.91 Å². The molecule has 1 heterocycles. The van der Waals surface area contributed by atoms with Gasteiger partial charge in [-0.05, 0) is 35.7 Å². The number of nitrogens with one attached hydrogen (secondary N) is 1. The van der Waals surface area contributed by atoms with Crippen molar-refractivity contribution in [1.82, 2.24) is 10.3 Å². The number of unbranched alkanes of at least 4 members (excludes halogenated alkanes) is 1. The number of methoxy groups -OCH3 is 1. The largest absolute Gasteiger partial charge is 0.497 e. The molecule has 4 nitrogen and oxygen atoms in total. The van der Waals surface area contributed by atoms with Crippen LogP contribution in [0.4, 0.5) is 0 Å². The van der Waals surface area contributed by atoms with E-state index in [9.17, 15) is 4.79 Å². The quantitative estimate of drug-likeness (QED) is 0.606. The van der Waals surface area contributed by atoms with Crippen LogP contribution in [0.25, 0.3) is 22.3 Å². The lowest BCUT2D eigenvalue weighted by Gasteiger charge is -2.12. The van der Waals surface area contributed by atoms with E-state index < -0.39 is 0 Å².